The summed E-state index contributed by atoms with van der Waals surface area (Å²) in [4.78, 5) is 14.3. The highest BCUT2D eigenvalue weighted by molar-refractivity contribution is 6.33. The summed E-state index contributed by atoms with van der Waals surface area (Å²) in [7, 11) is 0. The Labute approximate surface area is 157 Å². The lowest BCUT2D eigenvalue weighted by molar-refractivity contribution is 0.168. The van der Waals surface area contributed by atoms with Crippen LogP contribution in [0.3, 0.4) is 0 Å². The van der Waals surface area contributed by atoms with Gasteiger partial charge >= 0.3 is 6.03 Å². The van der Waals surface area contributed by atoms with Crippen LogP contribution in [0.5, 0.6) is 0 Å². The quantitative estimate of drug-likeness (QED) is 0.864. The van der Waals surface area contributed by atoms with Crippen LogP contribution < -0.4 is 5.32 Å². The van der Waals surface area contributed by atoms with Crippen LogP contribution in [0.15, 0.2) is 30.3 Å². The number of likely N-dealkylation sites (tertiary alicyclic amines) is 1. The van der Waals surface area contributed by atoms with Crippen molar-refractivity contribution in [2.24, 2.45) is 0 Å². The van der Waals surface area contributed by atoms with Crippen LogP contribution in [-0.4, -0.2) is 53.5 Å². The maximum atomic E-state index is 12.3. The molecule has 4 rings (SSSR count). The third kappa shape index (κ3) is 3.71. The SMILES string of the molecule is O=C(N[C@H]1CCOC1)N1CCC(c2cc(-c3ccccc3Cl)n[nH]2)CC1. The molecular weight excluding hydrogens is 352 g/mol. The second-order valence-electron chi connectivity index (χ2n) is 6.96. The standard InChI is InChI=1S/C19H23ClN4O2/c20-16-4-2-1-3-15(16)18-11-17(22-23-18)13-5-8-24(9-6-13)19(25)21-14-7-10-26-12-14/h1-4,11,13-14H,5-10,12H2,(H,21,25)(H,22,23)/t14-/m0/s1. The largest absolute Gasteiger partial charge is 0.379 e. The van der Waals surface area contributed by atoms with Crippen molar-refractivity contribution in [2.75, 3.05) is 26.3 Å². The summed E-state index contributed by atoms with van der Waals surface area (Å²) in [6.45, 7) is 2.87. The second kappa shape index (κ2) is 7.68. The van der Waals surface area contributed by atoms with E-state index in [0.29, 0.717) is 17.5 Å². The topological polar surface area (TPSA) is 70.2 Å². The molecule has 7 heteroatoms. The number of amides is 2. The van der Waals surface area contributed by atoms with Crippen molar-refractivity contribution < 1.29 is 9.53 Å². The first-order valence-corrected chi connectivity index (χ1v) is 9.52. The van der Waals surface area contributed by atoms with Crippen molar-refractivity contribution in [1.29, 1.82) is 0 Å². The summed E-state index contributed by atoms with van der Waals surface area (Å²) in [5, 5.41) is 11.4. The zero-order valence-corrected chi connectivity index (χ0v) is 15.3. The number of halogens is 1. The van der Waals surface area contributed by atoms with Crippen LogP contribution >= 0.6 is 11.6 Å². The Hall–Kier alpha value is -2.05. The van der Waals surface area contributed by atoms with E-state index in [9.17, 15) is 4.79 Å². The zero-order valence-electron chi connectivity index (χ0n) is 14.6. The van der Waals surface area contributed by atoms with Gasteiger partial charge in [-0.2, -0.15) is 5.10 Å². The van der Waals surface area contributed by atoms with Crippen LogP contribution in [-0.2, 0) is 4.74 Å². The highest BCUT2D eigenvalue weighted by atomic mass is 35.5. The Morgan fingerprint density at radius 1 is 1.27 bits per heavy atom. The number of H-pyrrole nitrogens is 1. The number of hydrogen-bond donors (Lipinski definition) is 2. The molecule has 2 N–H and O–H groups in total. The normalized spacial score (nSPS) is 21.1. The molecule has 2 aliphatic heterocycles. The van der Waals surface area contributed by atoms with Gasteiger partial charge in [0.2, 0.25) is 0 Å². The number of benzene rings is 1. The van der Waals surface area contributed by atoms with Gasteiger partial charge in [0.05, 0.1) is 23.4 Å². The fourth-order valence-electron chi connectivity index (χ4n) is 3.66. The molecule has 2 aromatic rings. The lowest BCUT2D eigenvalue weighted by Crippen LogP contribution is -2.47. The van der Waals surface area contributed by atoms with Crippen LogP contribution in [0.4, 0.5) is 4.79 Å². The van der Waals surface area contributed by atoms with Gasteiger partial charge in [-0.3, -0.25) is 5.10 Å². The minimum Gasteiger partial charge on any atom is -0.379 e. The van der Waals surface area contributed by atoms with Gasteiger partial charge in [-0.1, -0.05) is 29.8 Å². The van der Waals surface area contributed by atoms with E-state index in [-0.39, 0.29) is 12.1 Å². The molecule has 26 heavy (non-hydrogen) atoms. The van der Waals surface area contributed by atoms with Crippen molar-refractivity contribution in [2.45, 2.75) is 31.2 Å². The number of nitrogens with one attached hydrogen (secondary N) is 2. The zero-order chi connectivity index (χ0) is 17.9. The molecule has 2 fully saturated rings. The summed E-state index contributed by atoms with van der Waals surface area (Å²) in [5.74, 6) is 0.387. The van der Waals surface area contributed by atoms with E-state index in [4.69, 9.17) is 16.3 Å². The highest BCUT2D eigenvalue weighted by Crippen LogP contribution is 2.31. The number of nitrogens with zero attached hydrogens (tertiary/aromatic N) is 2. The van der Waals surface area contributed by atoms with Gasteiger partial charge in [0.1, 0.15) is 0 Å². The summed E-state index contributed by atoms with van der Waals surface area (Å²) in [5.41, 5.74) is 2.92. The number of carbonyl (C=O) groups is 1. The van der Waals surface area contributed by atoms with Crippen LogP contribution in [0.25, 0.3) is 11.3 Å². The molecule has 1 aromatic heterocycles. The molecule has 2 amide bonds. The Balaban J connectivity index is 1.35. The van der Waals surface area contributed by atoms with E-state index < -0.39 is 0 Å². The molecule has 0 aliphatic carbocycles. The number of rotatable bonds is 3. The Morgan fingerprint density at radius 2 is 2.08 bits per heavy atom. The minimum absolute atomic E-state index is 0.0281. The molecule has 2 aliphatic rings. The van der Waals surface area contributed by atoms with Gasteiger partial charge in [0, 0.05) is 36.9 Å². The van der Waals surface area contributed by atoms with E-state index >= 15 is 0 Å². The molecule has 138 valence electrons. The fraction of sp³-hybridized carbons (Fsp3) is 0.474. The Bertz CT molecular complexity index is 764. The molecule has 0 radical (unpaired) electrons. The van der Waals surface area contributed by atoms with Gasteiger partial charge in [-0.05, 0) is 31.4 Å². The van der Waals surface area contributed by atoms with E-state index in [1.165, 1.54) is 0 Å². The first-order valence-electron chi connectivity index (χ1n) is 9.14. The number of hydrogen-bond acceptors (Lipinski definition) is 3. The molecule has 3 heterocycles. The molecule has 0 spiro atoms. The average Bonchev–Trinajstić information content (AvgIpc) is 3.34. The van der Waals surface area contributed by atoms with Crippen molar-refractivity contribution in [3.05, 3.63) is 41.0 Å². The summed E-state index contributed by atoms with van der Waals surface area (Å²) < 4.78 is 5.31. The smallest absolute Gasteiger partial charge is 0.317 e. The van der Waals surface area contributed by atoms with Gasteiger partial charge in [0.15, 0.2) is 0 Å². The predicted octanol–water partition coefficient (Wildman–Crippen LogP) is 3.41. The van der Waals surface area contributed by atoms with E-state index in [1.54, 1.807) is 0 Å². The molecular formula is C19H23ClN4O2. The third-order valence-electron chi connectivity index (χ3n) is 5.23. The molecule has 0 unspecified atom stereocenters. The molecule has 1 atom stereocenters. The maximum absolute atomic E-state index is 12.3. The lowest BCUT2D eigenvalue weighted by Gasteiger charge is -2.32. The summed E-state index contributed by atoms with van der Waals surface area (Å²) in [6, 6.07) is 9.99. The second-order valence-corrected chi connectivity index (χ2v) is 7.37. The van der Waals surface area contributed by atoms with Crippen molar-refractivity contribution in [3.8, 4) is 11.3 Å². The van der Waals surface area contributed by atoms with Crippen molar-refractivity contribution >= 4 is 17.6 Å². The van der Waals surface area contributed by atoms with E-state index in [1.807, 2.05) is 29.2 Å². The van der Waals surface area contributed by atoms with Gasteiger partial charge in [-0.15, -0.1) is 0 Å². The van der Waals surface area contributed by atoms with Gasteiger partial charge in [-0.25, -0.2) is 4.79 Å². The fourth-order valence-corrected chi connectivity index (χ4v) is 3.89. The molecule has 6 nitrogen and oxygen atoms in total. The Kier molecular flexibility index (Phi) is 5.13. The maximum Gasteiger partial charge on any atom is 0.317 e. The van der Waals surface area contributed by atoms with Gasteiger partial charge in [0.25, 0.3) is 0 Å². The predicted molar refractivity (Wildman–Crippen MR) is 100 cm³/mol. The van der Waals surface area contributed by atoms with E-state index in [0.717, 1.165) is 55.9 Å². The summed E-state index contributed by atoms with van der Waals surface area (Å²) >= 11 is 6.26. The average molecular weight is 375 g/mol. The number of aromatic amines is 1. The molecule has 0 bridgehead atoms. The van der Waals surface area contributed by atoms with E-state index in [2.05, 4.69) is 21.6 Å². The first kappa shape index (κ1) is 17.4. The Morgan fingerprint density at radius 3 is 2.81 bits per heavy atom. The monoisotopic (exact) mass is 374 g/mol. The van der Waals surface area contributed by atoms with Gasteiger partial charge < -0.3 is 15.0 Å². The van der Waals surface area contributed by atoms with Crippen LogP contribution in [0.1, 0.15) is 30.9 Å². The molecule has 0 saturated carbocycles. The number of urea groups is 1. The van der Waals surface area contributed by atoms with Crippen molar-refractivity contribution in [3.63, 3.8) is 0 Å². The lowest BCUT2D eigenvalue weighted by atomic mass is 9.93. The molecule has 1 aromatic carbocycles. The summed E-state index contributed by atoms with van der Waals surface area (Å²) in [6.07, 6.45) is 2.76. The number of carbonyl (C=O) groups excluding carboxylic acids is 1. The number of ether oxygens (including phenoxy) is 1. The highest BCUT2D eigenvalue weighted by Gasteiger charge is 2.27. The minimum atomic E-state index is 0.0281. The molecule has 2 saturated heterocycles. The van der Waals surface area contributed by atoms with Crippen LogP contribution in [0, 0.1) is 0 Å². The number of aromatic nitrogens is 2. The first-order chi connectivity index (χ1) is 12.7. The third-order valence-corrected chi connectivity index (χ3v) is 5.56. The van der Waals surface area contributed by atoms with Crippen molar-refractivity contribution in [1.82, 2.24) is 20.4 Å². The van der Waals surface area contributed by atoms with Crippen LogP contribution in [0.2, 0.25) is 5.02 Å². The number of piperidine rings is 1.